The maximum Gasteiger partial charge on any atom is 0.344 e. The summed E-state index contributed by atoms with van der Waals surface area (Å²) in [6, 6.07) is 0. The molecule has 0 aromatic heterocycles. The summed E-state index contributed by atoms with van der Waals surface area (Å²) in [5.74, 6) is 6.71. The molecule has 12 fully saturated rings. The van der Waals surface area contributed by atoms with Crippen molar-refractivity contribution in [2.75, 3.05) is 13.2 Å². The minimum absolute atomic E-state index is 0.293. The monoisotopic (exact) mass is 742 g/mol. The molecule has 0 saturated heterocycles. The first-order chi connectivity index (χ1) is 25.9. The Balaban J connectivity index is 0.904. The molecular weight excluding hydrogens is 680 g/mol. The van der Waals surface area contributed by atoms with Gasteiger partial charge in [0, 0.05) is 35.3 Å². The Morgan fingerprint density at radius 3 is 1.61 bits per heavy atom. The number of hydrogen-bond donors (Lipinski definition) is 0. The van der Waals surface area contributed by atoms with E-state index in [0.717, 1.165) is 61.9 Å². The maximum absolute atomic E-state index is 13.7. The van der Waals surface area contributed by atoms with E-state index in [1.807, 2.05) is 0 Å². The lowest BCUT2D eigenvalue weighted by Crippen LogP contribution is -2.68. The normalized spacial score (nSPS) is 51.0. The molecule has 294 valence electrons. The number of carbonyl (C=O) groups excluding carboxylic acids is 4. The van der Waals surface area contributed by atoms with E-state index in [4.69, 9.17) is 18.9 Å². The van der Waals surface area contributed by atoms with Gasteiger partial charge in [0.1, 0.15) is 11.2 Å². The molecule has 54 heavy (non-hydrogen) atoms. The van der Waals surface area contributed by atoms with Gasteiger partial charge in [-0.25, -0.2) is 19.2 Å². The number of hydrogen-bond acceptors (Lipinski definition) is 8. The van der Waals surface area contributed by atoms with Gasteiger partial charge in [-0.2, -0.15) is 0 Å². The number of esters is 4. The Kier molecular flexibility index (Phi) is 8.40. The highest BCUT2D eigenvalue weighted by Crippen LogP contribution is 2.76. The second-order valence-electron chi connectivity index (χ2n) is 21.1. The summed E-state index contributed by atoms with van der Waals surface area (Å²) < 4.78 is 24.3. The average molecular weight is 743 g/mol. The third kappa shape index (κ3) is 5.24. The lowest BCUT2D eigenvalue weighted by atomic mass is 9.38. The first-order valence-electron chi connectivity index (χ1n) is 22.0. The van der Waals surface area contributed by atoms with Crippen LogP contribution < -0.4 is 0 Å². The van der Waals surface area contributed by atoms with Crippen LogP contribution in [0.3, 0.4) is 0 Å². The molecule has 0 N–H and O–H groups in total. The van der Waals surface area contributed by atoms with Gasteiger partial charge in [0.15, 0.2) is 13.2 Å². The van der Waals surface area contributed by atoms with Crippen LogP contribution in [0.2, 0.25) is 0 Å². The minimum atomic E-state index is -0.579. The van der Waals surface area contributed by atoms with E-state index < -0.39 is 23.1 Å². The molecule has 0 spiro atoms. The molecule has 12 rings (SSSR count). The third-order valence-electron chi connectivity index (χ3n) is 18.7. The number of fused-ring (bicyclic) bond motifs is 4. The van der Waals surface area contributed by atoms with Crippen LogP contribution >= 0.6 is 0 Å². The second kappa shape index (κ2) is 12.7. The highest BCUT2D eigenvalue weighted by Gasteiger charge is 2.73. The van der Waals surface area contributed by atoms with E-state index in [2.05, 4.69) is 20.1 Å². The van der Waals surface area contributed by atoms with Crippen molar-refractivity contribution in [1.82, 2.24) is 0 Å². The molecule has 12 saturated carbocycles. The molecule has 12 bridgehead atoms. The molecule has 0 radical (unpaired) electrons. The van der Waals surface area contributed by atoms with Gasteiger partial charge in [0.25, 0.3) is 0 Å². The van der Waals surface area contributed by atoms with E-state index in [-0.39, 0.29) is 25.2 Å². The fraction of sp³-hybridized carbons (Fsp3) is 0.826. The van der Waals surface area contributed by atoms with Crippen LogP contribution in [0.4, 0.5) is 0 Å². The molecule has 8 nitrogen and oxygen atoms in total. The Hall–Kier alpha value is -2.64. The van der Waals surface area contributed by atoms with Gasteiger partial charge < -0.3 is 18.9 Å². The zero-order valence-electron chi connectivity index (χ0n) is 32.6. The predicted octanol–water partition coefficient (Wildman–Crippen LogP) is 8.03. The molecule has 10 atom stereocenters. The molecule has 0 aromatic rings. The van der Waals surface area contributed by atoms with Gasteiger partial charge in [-0.1, -0.05) is 20.1 Å². The molecular formula is C46H62O8. The van der Waals surface area contributed by atoms with Crippen molar-refractivity contribution < 1.29 is 38.1 Å². The second-order valence-corrected chi connectivity index (χ2v) is 21.1. The van der Waals surface area contributed by atoms with Gasteiger partial charge in [-0.15, -0.1) is 0 Å². The van der Waals surface area contributed by atoms with Crippen molar-refractivity contribution in [2.45, 2.75) is 128 Å². The molecule has 12 aliphatic rings. The maximum atomic E-state index is 13.7. The van der Waals surface area contributed by atoms with Gasteiger partial charge in [-0.05, 0) is 180 Å². The lowest BCUT2D eigenvalue weighted by Gasteiger charge is -2.69. The SMILES string of the molecule is C=CC(=O)OCC(=O)OC1(C2CC3CC2CC3C23CC4CC(C2)C(OC(=O)COC(=O)C(=C)C)(C2CC5CC2CC5C)C(C4)C3)C2CC3CC(C2)CC1C3. The molecule has 12 aliphatic carbocycles. The van der Waals surface area contributed by atoms with E-state index in [1.165, 1.54) is 70.6 Å². The molecule has 0 amide bonds. The summed E-state index contributed by atoms with van der Waals surface area (Å²) in [6.07, 6.45) is 20.4. The van der Waals surface area contributed by atoms with Crippen molar-refractivity contribution in [3.05, 3.63) is 24.8 Å². The Morgan fingerprint density at radius 2 is 1.09 bits per heavy atom. The quantitative estimate of drug-likeness (QED) is 0.119. The van der Waals surface area contributed by atoms with E-state index in [0.29, 0.717) is 76.1 Å². The smallest absolute Gasteiger partial charge is 0.344 e. The summed E-state index contributed by atoms with van der Waals surface area (Å²) in [7, 11) is 0. The van der Waals surface area contributed by atoms with Crippen molar-refractivity contribution in [3.8, 4) is 0 Å². The number of ether oxygens (including phenoxy) is 4. The van der Waals surface area contributed by atoms with Gasteiger partial charge >= 0.3 is 23.9 Å². The highest BCUT2D eigenvalue weighted by atomic mass is 16.6. The lowest BCUT2D eigenvalue weighted by molar-refractivity contribution is -0.264. The van der Waals surface area contributed by atoms with E-state index in [9.17, 15) is 19.2 Å². The van der Waals surface area contributed by atoms with Crippen LogP contribution in [-0.2, 0) is 38.1 Å². The fourth-order valence-corrected chi connectivity index (χ4v) is 17.7. The first kappa shape index (κ1) is 35.8. The van der Waals surface area contributed by atoms with Crippen LogP contribution in [-0.4, -0.2) is 48.3 Å². The molecule has 0 aromatic carbocycles. The average Bonchev–Trinajstić information content (AvgIpc) is 3.94. The third-order valence-corrected chi connectivity index (χ3v) is 18.7. The zero-order chi connectivity index (χ0) is 37.3. The van der Waals surface area contributed by atoms with E-state index >= 15 is 0 Å². The van der Waals surface area contributed by atoms with Crippen molar-refractivity contribution in [1.29, 1.82) is 0 Å². The van der Waals surface area contributed by atoms with E-state index in [1.54, 1.807) is 6.92 Å². The number of carbonyl (C=O) groups is 4. The summed E-state index contributed by atoms with van der Waals surface area (Å²) in [5, 5.41) is 0. The zero-order valence-corrected chi connectivity index (χ0v) is 32.6. The molecule has 8 heteroatoms. The topological polar surface area (TPSA) is 105 Å². The summed E-state index contributed by atoms with van der Waals surface area (Å²) in [6.45, 7) is 10.5. The van der Waals surface area contributed by atoms with Crippen molar-refractivity contribution in [2.24, 2.45) is 94.2 Å². The largest absolute Gasteiger partial charge is 0.456 e. The molecule has 0 heterocycles. The molecule has 0 aliphatic heterocycles. The van der Waals surface area contributed by atoms with Crippen LogP contribution in [0.1, 0.15) is 117 Å². The summed E-state index contributed by atoms with van der Waals surface area (Å²) in [5.41, 5.74) is -0.278. The minimum Gasteiger partial charge on any atom is -0.456 e. The number of rotatable bonds is 11. The van der Waals surface area contributed by atoms with Crippen LogP contribution in [0.15, 0.2) is 24.8 Å². The van der Waals surface area contributed by atoms with Gasteiger partial charge in [0.2, 0.25) is 0 Å². The van der Waals surface area contributed by atoms with Crippen molar-refractivity contribution >= 4 is 23.9 Å². The standard InChI is InChI=1S/C46H62O8/c1-5-40(47)51-22-41(48)53-45(33-8-26-7-27(10-33)11-34(45)9-26)39-18-31-15-32(39)17-37(31)44-19-28-12-35(20-44)46(36(13-28)21-44,38-16-29-14-30(38)6-25(29)4)54-42(49)23-52-43(50)24(2)3/h5,25-39H,1-2,6-23H2,3-4H3. The summed E-state index contributed by atoms with van der Waals surface area (Å²) in [4.78, 5) is 51.4. The first-order valence-corrected chi connectivity index (χ1v) is 22.0. The Morgan fingerprint density at radius 1 is 0.593 bits per heavy atom. The molecule has 10 unspecified atom stereocenters. The van der Waals surface area contributed by atoms with Gasteiger partial charge in [-0.3, -0.25) is 0 Å². The van der Waals surface area contributed by atoms with Crippen LogP contribution in [0.5, 0.6) is 0 Å². The van der Waals surface area contributed by atoms with Crippen LogP contribution in [0, 0.1) is 94.2 Å². The van der Waals surface area contributed by atoms with Crippen molar-refractivity contribution in [3.63, 3.8) is 0 Å². The Labute approximate surface area is 321 Å². The van der Waals surface area contributed by atoms with Gasteiger partial charge in [0.05, 0.1) is 0 Å². The Bertz CT molecular complexity index is 1580. The summed E-state index contributed by atoms with van der Waals surface area (Å²) >= 11 is 0. The highest BCUT2D eigenvalue weighted by molar-refractivity contribution is 5.88. The van der Waals surface area contributed by atoms with Crippen LogP contribution in [0.25, 0.3) is 0 Å². The fourth-order valence-electron chi connectivity index (χ4n) is 17.7. The predicted molar refractivity (Wildman–Crippen MR) is 199 cm³/mol.